The molecule has 0 saturated carbocycles. The third-order valence-electron chi connectivity index (χ3n) is 3.50. The van der Waals surface area contributed by atoms with Gasteiger partial charge in [0.15, 0.2) is 5.69 Å². The van der Waals surface area contributed by atoms with Crippen molar-refractivity contribution < 1.29 is 23.9 Å². The number of esters is 2. The van der Waals surface area contributed by atoms with Gasteiger partial charge in [0.25, 0.3) is 0 Å². The smallest absolute Gasteiger partial charge is 0.358 e. The molecule has 1 aromatic heterocycles. The van der Waals surface area contributed by atoms with Crippen LogP contribution in [0.5, 0.6) is 0 Å². The summed E-state index contributed by atoms with van der Waals surface area (Å²) in [6.07, 6.45) is 0.459. The Hall–Kier alpha value is -2.32. The number of pyridine rings is 1. The van der Waals surface area contributed by atoms with Crippen molar-refractivity contribution in [2.45, 2.75) is 26.3 Å². The van der Waals surface area contributed by atoms with Crippen LogP contribution in [0.1, 0.15) is 30.8 Å². The van der Waals surface area contributed by atoms with Crippen molar-refractivity contribution in [1.29, 1.82) is 0 Å². The summed E-state index contributed by atoms with van der Waals surface area (Å²) in [6, 6.07) is 1.79. The minimum atomic E-state index is -0.839. The molecule has 2 N–H and O–H groups in total. The SMILES string of the molecule is CCOC(=O)C1=C(COC(=O)c2nc(Cl)ccc2Cl)NC(=O)N[C@@H]1CC. The van der Waals surface area contributed by atoms with Crippen LogP contribution in [-0.4, -0.2) is 42.2 Å². The normalized spacial score (nSPS) is 16.6. The van der Waals surface area contributed by atoms with Gasteiger partial charge in [-0.25, -0.2) is 19.4 Å². The maximum Gasteiger partial charge on any atom is 0.358 e. The van der Waals surface area contributed by atoms with Crippen LogP contribution in [0.25, 0.3) is 0 Å². The number of hydrogen-bond acceptors (Lipinski definition) is 6. The zero-order valence-corrected chi connectivity index (χ0v) is 15.6. The molecule has 0 bridgehead atoms. The Bertz CT molecular complexity index is 766. The molecule has 1 atom stereocenters. The second kappa shape index (κ2) is 8.86. The number of hydrogen-bond donors (Lipinski definition) is 2. The van der Waals surface area contributed by atoms with E-state index in [1.807, 2.05) is 0 Å². The molecule has 2 rings (SSSR count). The Morgan fingerprint density at radius 3 is 2.58 bits per heavy atom. The highest BCUT2D eigenvalue weighted by Gasteiger charge is 2.32. The van der Waals surface area contributed by atoms with Gasteiger partial charge in [-0.1, -0.05) is 30.1 Å². The largest absolute Gasteiger partial charge is 0.463 e. The highest BCUT2D eigenvalue weighted by Crippen LogP contribution is 2.20. The van der Waals surface area contributed by atoms with Crippen molar-refractivity contribution in [3.8, 4) is 0 Å². The van der Waals surface area contributed by atoms with Crippen LogP contribution in [-0.2, 0) is 14.3 Å². The number of ether oxygens (including phenoxy) is 2. The Morgan fingerprint density at radius 2 is 1.92 bits per heavy atom. The molecule has 1 aliphatic rings. The van der Waals surface area contributed by atoms with Crippen LogP contribution >= 0.6 is 23.2 Å². The first-order chi connectivity index (χ1) is 12.4. The molecule has 0 fully saturated rings. The van der Waals surface area contributed by atoms with Crippen molar-refractivity contribution in [3.05, 3.63) is 39.3 Å². The van der Waals surface area contributed by atoms with Crippen molar-refractivity contribution in [3.63, 3.8) is 0 Å². The van der Waals surface area contributed by atoms with Gasteiger partial charge in [-0.3, -0.25) is 0 Å². The van der Waals surface area contributed by atoms with E-state index in [9.17, 15) is 14.4 Å². The lowest BCUT2D eigenvalue weighted by Crippen LogP contribution is -2.51. The lowest BCUT2D eigenvalue weighted by Gasteiger charge is -2.28. The summed E-state index contributed by atoms with van der Waals surface area (Å²) in [6.45, 7) is 3.28. The maximum absolute atomic E-state index is 12.2. The Labute approximate surface area is 159 Å². The molecule has 140 valence electrons. The Morgan fingerprint density at radius 1 is 1.19 bits per heavy atom. The third-order valence-corrected chi connectivity index (χ3v) is 4.02. The van der Waals surface area contributed by atoms with Crippen molar-refractivity contribution in [2.24, 2.45) is 0 Å². The molecule has 1 aromatic rings. The molecule has 2 heterocycles. The van der Waals surface area contributed by atoms with Gasteiger partial charge in [-0.2, -0.15) is 0 Å². The van der Waals surface area contributed by atoms with Gasteiger partial charge in [-0.15, -0.1) is 0 Å². The molecule has 26 heavy (non-hydrogen) atoms. The molecular formula is C16H17Cl2N3O5. The molecular weight excluding hydrogens is 385 g/mol. The summed E-state index contributed by atoms with van der Waals surface area (Å²) < 4.78 is 10.2. The van der Waals surface area contributed by atoms with Crippen molar-refractivity contribution >= 4 is 41.2 Å². The van der Waals surface area contributed by atoms with E-state index in [-0.39, 0.29) is 40.4 Å². The average molecular weight is 402 g/mol. The molecule has 0 aromatic carbocycles. The number of carbonyl (C=O) groups is 3. The molecule has 8 nitrogen and oxygen atoms in total. The van der Waals surface area contributed by atoms with Gasteiger partial charge in [0, 0.05) is 0 Å². The standard InChI is InChI=1S/C16H17Cl2N3O5/c1-3-9-12(14(22)25-4-2)10(20-16(24)19-9)7-26-15(23)13-8(17)5-6-11(18)21-13/h5-6,9H,3-4,7H2,1-2H3,(H2,19,20,24)/t9-/m1/s1. The average Bonchev–Trinajstić information content (AvgIpc) is 2.61. The number of urea groups is 1. The van der Waals surface area contributed by atoms with E-state index in [2.05, 4.69) is 15.6 Å². The van der Waals surface area contributed by atoms with Crippen LogP contribution < -0.4 is 10.6 Å². The summed E-state index contributed by atoms with van der Waals surface area (Å²) >= 11 is 11.7. The zero-order valence-electron chi connectivity index (χ0n) is 14.1. The minimum Gasteiger partial charge on any atom is -0.463 e. The van der Waals surface area contributed by atoms with Gasteiger partial charge in [0.05, 0.1) is 28.9 Å². The number of carbonyl (C=O) groups excluding carboxylic acids is 3. The molecule has 0 saturated heterocycles. The fourth-order valence-electron chi connectivity index (χ4n) is 2.34. The van der Waals surface area contributed by atoms with E-state index < -0.39 is 24.0 Å². The van der Waals surface area contributed by atoms with E-state index in [1.54, 1.807) is 13.8 Å². The van der Waals surface area contributed by atoms with Gasteiger partial charge in [-0.05, 0) is 25.5 Å². The minimum absolute atomic E-state index is 0.0692. The van der Waals surface area contributed by atoms with Crippen LogP contribution in [0, 0.1) is 0 Å². The van der Waals surface area contributed by atoms with Crippen LogP contribution in [0.3, 0.4) is 0 Å². The third kappa shape index (κ3) is 4.64. The van der Waals surface area contributed by atoms with Crippen LogP contribution in [0.4, 0.5) is 4.79 Å². The quantitative estimate of drug-likeness (QED) is 0.559. The fraction of sp³-hybridized carbons (Fsp3) is 0.375. The van der Waals surface area contributed by atoms with E-state index in [0.717, 1.165) is 0 Å². The highest BCUT2D eigenvalue weighted by atomic mass is 35.5. The second-order valence-electron chi connectivity index (χ2n) is 5.21. The Balaban J connectivity index is 2.24. The number of aromatic nitrogens is 1. The number of amides is 2. The van der Waals surface area contributed by atoms with Crippen LogP contribution in [0.15, 0.2) is 23.4 Å². The lowest BCUT2D eigenvalue weighted by molar-refractivity contribution is -0.139. The maximum atomic E-state index is 12.2. The summed E-state index contributed by atoms with van der Waals surface area (Å²) in [7, 11) is 0. The van der Waals surface area contributed by atoms with Gasteiger partial charge in [0.1, 0.15) is 11.8 Å². The van der Waals surface area contributed by atoms with E-state index in [0.29, 0.717) is 6.42 Å². The monoisotopic (exact) mass is 401 g/mol. The number of halogens is 2. The van der Waals surface area contributed by atoms with Gasteiger partial charge >= 0.3 is 18.0 Å². The van der Waals surface area contributed by atoms with Crippen molar-refractivity contribution in [2.75, 3.05) is 13.2 Å². The topological polar surface area (TPSA) is 107 Å². The predicted octanol–water partition coefficient (Wildman–Crippen LogP) is 2.45. The summed E-state index contributed by atoms with van der Waals surface area (Å²) in [5.74, 6) is -1.44. The summed E-state index contributed by atoms with van der Waals surface area (Å²) in [4.78, 5) is 40.0. The lowest BCUT2D eigenvalue weighted by atomic mass is 10.0. The van der Waals surface area contributed by atoms with Gasteiger partial charge in [0.2, 0.25) is 0 Å². The molecule has 0 aliphatic carbocycles. The fourth-order valence-corrected chi connectivity index (χ4v) is 2.67. The van der Waals surface area contributed by atoms with E-state index in [1.165, 1.54) is 12.1 Å². The first-order valence-electron chi connectivity index (χ1n) is 7.84. The molecule has 10 heteroatoms. The van der Waals surface area contributed by atoms with E-state index >= 15 is 0 Å². The van der Waals surface area contributed by atoms with Gasteiger partial charge < -0.3 is 20.1 Å². The van der Waals surface area contributed by atoms with Crippen molar-refractivity contribution in [1.82, 2.24) is 15.6 Å². The number of rotatable bonds is 6. The molecule has 0 radical (unpaired) electrons. The predicted molar refractivity (Wildman–Crippen MR) is 93.9 cm³/mol. The summed E-state index contributed by atoms with van der Waals surface area (Å²) in [5, 5.41) is 5.24. The molecule has 0 spiro atoms. The zero-order chi connectivity index (χ0) is 19.3. The number of nitrogens with zero attached hydrogens (tertiary/aromatic N) is 1. The molecule has 1 aliphatic heterocycles. The summed E-state index contributed by atoms with van der Waals surface area (Å²) in [5.41, 5.74) is 0.183. The van der Waals surface area contributed by atoms with Crippen LogP contribution in [0.2, 0.25) is 10.2 Å². The Kier molecular flexibility index (Phi) is 6.82. The number of nitrogens with one attached hydrogen (secondary N) is 2. The first kappa shape index (κ1) is 20.0. The molecule has 2 amide bonds. The first-order valence-corrected chi connectivity index (χ1v) is 8.59. The second-order valence-corrected chi connectivity index (χ2v) is 6.01. The van der Waals surface area contributed by atoms with E-state index in [4.69, 9.17) is 32.7 Å². The molecule has 0 unspecified atom stereocenters. The highest BCUT2D eigenvalue weighted by molar-refractivity contribution is 6.34.